The van der Waals surface area contributed by atoms with Crippen molar-refractivity contribution in [3.05, 3.63) is 47.8 Å². The Hall–Kier alpha value is -4.37. The number of amides is 4. The summed E-state index contributed by atoms with van der Waals surface area (Å²) >= 11 is 0. The lowest BCUT2D eigenvalue weighted by Gasteiger charge is -2.31. The SMILES string of the molecule is CN[C@@H](C)C(=O)N[C@H](C(=O)N1C[C@@H]2C[C@H]1C(=O)N[C@@H](Cc1ccccc1)C(=O)N[C@H](C(=O)O)COCc1cn2nn1)C(C)C. The molecule has 5 N–H and O–H groups in total. The molecule has 0 radical (unpaired) electrons. The number of aromatic nitrogens is 3. The summed E-state index contributed by atoms with van der Waals surface area (Å²) in [5.41, 5.74) is 1.15. The van der Waals surface area contributed by atoms with Gasteiger partial charge >= 0.3 is 5.97 Å². The number of carbonyl (C=O) groups is 5. The fraction of sp³-hybridized carbons (Fsp3) is 0.552. The fourth-order valence-corrected chi connectivity index (χ4v) is 5.21. The number of carboxylic acid groups (broad SMARTS) is 1. The summed E-state index contributed by atoms with van der Waals surface area (Å²) in [7, 11) is 1.64. The lowest BCUT2D eigenvalue weighted by atomic mass is 10.0. The molecule has 1 saturated heterocycles. The number of aliphatic carboxylic acids is 1. The topological polar surface area (TPSA) is 197 Å². The molecule has 0 aliphatic carbocycles. The van der Waals surface area contributed by atoms with Crippen molar-refractivity contribution in [3.63, 3.8) is 0 Å². The molecule has 4 bridgehead atoms. The second-order valence-electron chi connectivity index (χ2n) is 11.5. The summed E-state index contributed by atoms with van der Waals surface area (Å²) in [6, 6.07) is 3.53. The number of carbonyl (C=O) groups excluding carboxylic acids is 4. The van der Waals surface area contributed by atoms with Gasteiger partial charge < -0.3 is 36.0 Å². The van der Waals surface area contributed by atoms with Crippen LogP contribution >= 0.6 is 0 Å². The van der Waals surface area contributed by atoms with Crippen molar-refractivity contribution in [1.29, 1.82) is 0 Å². The van der Waals surface area contributed by atoms with Crippen LogP contribution in [0, 0.1) is 5.92 Å². The highest BCUT2D eigenvalue weighted by Crippen LogP contribution is 2.29. The maximum absolute atomic E-state index is 14.0. The highest BCUT2D eigenvalue weighted by atomic mass is 16.5. The maximum Gasteiger partial charge on any atom is 0.328 e. The molecule has 2 aliphatic rings. The van der Waals surface area contributed by atoms with Gasteiger partial charge in [-0.25, -0.2) is 9.48 Å². The fourth-order valence-electron chi connectivity index (χ4n) is 5.21. The molecule has 1 aromatic heterocycles. The van der Waals surface area contributed by atoms with E-state index in [1.165, 1.54) is 4.90 Å². The molecule has 6 atom stereocenters. The predicted octanol–water partition coefficient (Wildman–Crippen LogP) is -1.00. The van der Waals surface area contributed by atoms with Gasteiger partial charge in [0.05, 0.1) is 31.5 Å². The number of rotatable bonds is 8. The first-order valence-electron chi connectivity index (χ1n) is 14.6. The number of carboxylic acids is 1. The zero-order valence-electron chi connectivity index (χ0n) is 25.2. The van der Waals surface area contributed by atoms with Crippen molar-refractivity contribution >= 4 is 29.6 Å². The molecule has 238 valence electrons. The van der Waals surface area contributed by atoms with E-state index >= 15 is 0 Å². The molecule has 0 saturated carbocycles. The third kappa shape index (κ3) is 7.77. The van der Waals surface area contributed by atoms with E-state index in [1.54, 1.807) is 63.0 Å². The largest absolute Gasteiger partial charge is 0.480 e. The summed E-state index contributed by atoms with van der Waals surface area (Å²) in [6.45, 7) is 5.00. The van der Waals surface area contributed by atoms with E-state index in [1.807, 2.05) is 6.07 Å². The van der Waals surface area contributed by atoms with Gasteiger partial charge in [0.1, 0.15) is 23.8 Å². The summed E-state index contributed by atoms with van der Waals surface area (Å²) in [5, 5.41) is 28.9. The molecule has 4 rings (SSSR count). The van der Waals surface area contributed by atoms with Crippen molar-refractivity contribution in [2.45, 2.75) is 76.5 Å². The van der Waals surface area contributed by atoms with E-state index in [9.17, 15) is 29.1 Å². The third-order valence-corrected chi connectivity index (χ3v) is 7.92. The van der Waals surface area contributed by atoms with Crippen LogP contribution in [0.3, 0.4) is 0 Å². The van der Waals surface area contributed by atoms with E-state index in [2.05, 4.69) is 31.6 Å². The molecule has 1 aromatic carbocycles. The average Bonchev–Trinajstić information content (AvgIpc) is 3.65. The van der Waals surface area contributed by atoms with Crippen LogP contribution in [0.15, 0.2) is 36.5 Å². The summed E-state index contributed by atoms with van der Waals surface area (Å²) in [4.78, 5) is 67.5. The van der Waals surface area contributed by atoms with Gasteiger partial charge in [0.25, 0.3) is 0 Å². The van der Waals surface area contributed by atoms with Crippen LogP contribution in [0.25, 0.3) is 0 Å². The molecule has 1 fully saturated rings. The Labute approximate surface area is 255 Å². The van der Waals surface area contributed by atoms with Crippen molar-refractivity contribution in [1.82, 2.24) is 41.2 Å². The third-order valence-electron chi connectivity index (χ3n) is 7.92. The minimum atomic E-state index is -1.39. The second-order valence-corrected chi connectivity index (χ2v) is 11.5. The minimum Gasteiger partial charge on any atom is -0.480 e. The van der Waals surface area contributed by atoms with Crippen molar-refractivity contribution < 1.29 is 33.8 Å². The van der Waals surface area contributed by atoms with Crippen LogP contribution in [0.5, 0.6) is 0 Å². The number of hydrogen-bond donors (Lipinski definition) is 5. The quantitative estimate of drug-likeness (QED) is 0.246. The van der Waals surface area contributed by atoms with Crippen LogP contribution in [0.1, 0.15) is 44.5 Å². The van der Waals surface area contributed by atoms with Crippen molar-refractivity contribution in [3.8, 4) is 0 Å². The lowest BCUT2D eigenvalue weighted by molar-refractivity contribution is -0.145. The average molecular weight is 613 g/mol. The summed E-state index contributed by atoms with van der Waals surface area (Å²) in [5.74, 6) is -3.71. The number of likely N-dealkylation sites (N-methyl/N-ethyl adjacent to an activating group) is 1. The first-order chi connectivity index (χ1) is 21.0. The van der Waals surface area contributed by atoms with Crippen LogP contribution in [-0.2, 0) is 41.7 Å². The molecule has 44 heavy (non-hydrogen) atoms. The Balaban J connectivity index is 1.68. The molecular formula is C29H40N8O7. The first kappa shape index (κ1) is 32.5. The zero-order valence-corrected chi connectivity index (χ0v) is 25.2. The normalized spacial score (nSPS) is 24.0. The number of hydrogen-bond acceptors (Lipinski definition) is 9. The van der Waals surface area contributed by atoms with Crippen molar-refractivity contribution in [2.24, 2.45) is 5.92 Å². The molecule has 2 aliphatic heterocycles. The number of nitrogens with one attached hydrogen (secondary N) is 4. The molecule has 0 unspecified atom stereocenters. The first-order valence-corrected chi connectivity index (χ1v) is 14.6. The smallest absolute Gasteiger partial charge is 0.328 e. The maximum atomic E-state index is 14.0. The number of likely N-dealkylation sites (tertiary alicyclic amines) is 1. The molecule has 4 amide bonds. The number of ether oxygens (including phenoxy) is 1. The van der Waals surface area contributed by atoms with E-state index in [0.29, 0.717) is 5.69 Å². The Kier molecular flexibility index (Phi) is 10.7. The molecular weight excluding hydrogens is 572 g/mol. The number of benzene rings is 1. The lowest BCUT2D eigenvalue weighted by Crippen LogP contribution is -2.59. The van der Waals surface area contributed by atoms with Crippen LogP contribution in [-0.4, -0.2) is 105 Å². The predicted molar refractivity (Wildman–Crippen MR) is 156 cm³/mol. The Morgan fingerprint density at radius 3 is 2.50 bits per heavy atom. The Morgan fingerprint density at radius 1 is 1.11 bits per heavy atom. The van der Waals surface area contributed by atoms with E-state index in [4.69, 9.17) is 4.74 Å². The van der Waals surface area contributed by atoms with Gasteiger partial charge in [0, 0.05) is 19.4 Å². The minimum absolute atomic E-state index is 0.0613. The molecule has 15 heteroatoms. The molecule has 0 spiro atoms. The zero-order chi connectivity index (χ0) is 32.0. The van der Waals surface area contributed by atoms with Gasteiger partial charge in [-0.05, 0) is 25.5 Å². The van der Waals surface area contributed by atoms with Gasteiger partial charge in [-0.3, -0.25) is 19.2 Å². The monoisotopic (exact) mass is 612 g/mol. The van der Waals surface area contributed by atoms with Crippen molar-refractivity contribution in [2.75, 3.05) is 20.2 Å². The van der Waals surface area contributed by atoms with Gasteiger partial charge in [0.2, 0.25) is 23.6 Å². The van der Waals surface area contributed by atoms with E-state index < -0.39 is 59.9 Å². The summed E-state index contributed by atoms with van der Waals surface area (Å²) in [6.07, 6.45) is 1.87. The Bertz CT molecular complexity index is 1350. The summed E-state index contributed by atoms with van der Waals surface area (Å²) < 4.78 is 7.11. The number of fused-ring (bicyclic) bond motifs is 5. The standard InChI is InChI=1S/C29H40N8O7/c1-16(2)24(33-25(38)17(3)30-4)28(41)36-13-20-11-23(36)27(40)31-21(10-18-8-6-5-7-9-18)26(39)32-22(29(42)43)15-44-14-19-12-37(20)35-34-19/h5-9,12,16-17,20-24,30H,10-11,13-15H2,1-4H3,(H,31,40)(H,32,39)(H,33,38)(H,42,43)/t17-,20-,21-,22-,23-,24-/m0/s1. The van der Waals surface area contributed by atoms with Crippen LogP contribution < -0.4 is 21.3 Å². The second kappa shape index (κ2) is 14.4. The van der Waals surface area contributed by atoms with E-state index in [-0.39, 0.29) is 44.4 Å². The number of nitrogens with zero attached hydrogens (tertiary/aromatic N) is 4. The highest BCUT2D eigenvalue weighted by Gasteiger charge is 2.45. The highest BCUT2D eigenvalue weighted by molar-refractivity contribution is 5.96. The van der Waals surface area contributed by atoms with Gasteiger partial charge in [0.15, 0.2) is 6.04 Å². The van der Waals surface area contributed by atoms with Gasteiger partial charge in [-0.2, -0.15) is 0 Å². The van der Waals surface area contributed by atoms with E-state index in [0.717, 1.165) is 5.56 Å². The van der Waals surface area contributed by atoms with Gasteiger partial charge in [-0.1, -0.05) is 49.4 Å². The Morgan fingerprint density at radius 2 is 1.84 bits per heavy atom. The van der Waals surface area contributed by atoms with Crippen LogP contribution in [0.4, 0.5) is 0 Å². The van der Waals surface area contributed by atoms with Crippen LogP contribution in [0.2, 0.25) is 0 Å². The molecule has 3 heterocycles. The van der Waals surface area contributed by atoms with Gasteiger partial charge in [-0.15, -0.1) is 5.10 Å². The molecule has 15 nitrogen and oxygen atoms in total. The molecule has 2 aromatic rings.